The van der Waals surface area contributed by atoms with Crippen molar-refractivity contribution in [3.8, 4) is 0 Å². The number of aliphatic carboxylic acids is 1. The number of hydrogen-bond acceptors (Lipinski definition) is 5. The molecule has 0 radical (unpaired) electrons. The van der Waals surface area contributed by atoms with Crippen LogP contribution in [0.25, 0.3) is 0 Å². The van der Waals surface area contributed by atoms with E-state index in [-0.39, 0.29) is 12.0 Å². The quantitative estimate of drug-likeness (QED) is 0.347. The molecule has 39 heavy (non-hydrogen) atoms. The number of piperidine rings is 1. The zero-order valence-electron chi connectivity index (χ0n) is 21.5. The van der Waals surface area contributed by atoms with E-state index in [0.29, 0.717) is 11.5 Å². The summed E-state index contributed by atoms with van der Waals surface area (Å²) >= 11 is 0. The fourth-order valence-electron chi connectivity index (χ4n) is 4.83. The Labute approximate surface area is 225 Å². The van der Waals surface area contributed by atoms with Crippen molar-refractivity contribution < 1.29 is 27.9 Å². The van der Waals surface area contributed by atoms with Crippen molar-refractivity contribution in [2.45, 2.75) is 38.4 Å². The number of pyridine rings is 1. The maximum atomic E-state index is 13.4. The van der Waals surface area contributed by atoms with Crippen molar-refractivity contribution in [2.75, 3.05) is 29.9 Å². The Morgan fingerprint density at radius 3 is 2.38 bits per heavy atom. The monoisotopic (exact) mass is 540 g/mol. The van der Waals surface area contributed by atoms with Crippen LogP contribution < -0.4 is 15.5 Å². The lowest BCUT2D eigenvalue weighted by atomic mass is 9.96. The van der Waals surface area contributed by atoms with Gasteiger partial charge in [-0.1, -0.05) is 30.3 Å². The van der Waals surface area contributed by atoms with Crippen LogP contribution in [0.2, 0.25) is 0 Å². The Morgan fingerprint density at radius 2 is 1.77 bits per heavy atom. The van der Waals surface area contributed by atoms with Gasteiger partial charge in [-0.3, -0.25) is 4.79 Å². The third-order valence-electron chi connectivity index (χ3n) is 7.00. The van der Waals surface area contributed by atoms with Crippen molar-refractivity contribution in [1.29, 1.82) is 0 Å². The highest BCUT2D eigenvalue weighted by molar-refractivity contribution is 5.99. The van der Waals surface area contributed by atoms with Crippen LogP contribution in [0.3, 0.4) is 0 Å². The van der Waals surface area contributed by atoms with E-state index in [1.807, 2.05) is 30.3 Å². The molecule has 1 aromatic heterocycles. The molecular weight excluding hydrogens is 509 g/mol. The van der Waals surface area contributed by atoms with E-state index < -0.39 is 35.2 Å². The first kappa shape index (κ1) is 27.9. The predicted octanol–water partition coefficient (Wildman–Crippen LogP) is 5.16. The highest BCUT2D eigenvalue weighted by Crippen LogP contribution is 2.33. The summed E-state index contributed by atoms with van der Waals surface area (Å²) in [6, 6.07) is 15.2. The van der Waals surface area contributed by atoms with E-state index in [1.54, 1.807) is 18.3 Å². The van der Waals surface area contributed by atoms with Gasteiger partial charge in [0.25, 0.3) is 5.91 Å². The highest BCUT2D eigenvalue weighted by Gasteiger charge is 2.36. The molecule has 1 amide bonds. The molecule has 206 valence electrons. The second-order valence-corrected chi connectivity index (χ2v) is 9.76. The van der Waals surface area contributed by atoms with Crippen LogP contribution in [0.5, 0.6) is 0 Å². The van der Waals surface area contributed by atoms with Gasteiger partial charge in [-0.25, -0.2) is 9.78 Å². The number of benzene rings is 2. The molecule has 0 saturated carbocycles. The molecule has 1 unspecified atom stereocenters. The zero-order chi connectivity index (χ0) is 28.0. The first-order valence-electron chi connectivity index (χ1n) is 12.8. The molecular formula is C29H31F3N4O3. The highest BCUT2D eigenvalue weighted by atomic mass is 19.4. The van der Waals surface area contributed by atoms with Crippen LogP contribution in [-0.2, 0) is 17.4 Å². The molecule has 3 aromatic rings. The number of aromatic nitrogens is 1. The summed E-state index contributed by atoms with van der Waals surface area (Å²) in [4.78, 5) is 31.2. The van der Waals surface area contributed by atoms with E-state index in [4.69, 9.17) is 0 Å². The number of aryl methyl sites for hydroxylation is 1. The van der Waals surface area contributed by atoms with E-state index >= 15 is 0 Å². The van der Waals surface area contributed by atoms with Crippen molar-refractivity contribution in [3.05, 3.63) is 89.1 Å². The van der Waals surface area contributed by atoms with Gasteiger partial charge in [-0.15, -0.1) is 0 Å². The van der Waals surface area contributed by atoms with Gasteiger partial charge in [0.05, 0.1) is 11.1 Å². The Hall–Kier alpha value is -4.08. The molecule has 2 aromatic carbocycles. The molecule has 1 aliphatic rings. The second kappa shape index (κ2) is 12.2. The smallest absolute Gasteiger partial charge is 0.417 e. The Morgan fingerprint density at radius 1 is 1.05 bits per heavy atom. The van der Waals surface area contributed by atoms with Crippen molar-refractivity contribution in [2.24, 2.45) is 5.92 Å². The number of anilines is 2. The number of amides is 1. The summed E-state index contributed by atoms with van der Waals surface area (Å²) in [5.74, 6) is -0.986. The average molecular weight is 541 g/mol. The first-order chi connectivity index (χ1) is 18.6. The van der Waals surface area contributed by atoms with Crippen molar-refractivity contribution in [1.82, 2.24) is 10.3 Å². The number of rotatable bonds is 9. The van der Waals surface area contributed by atoms with Gasteiger partial charge in [-0.05, 0) is 67.1 Å². The molecule has 0 aliphatic carbocycles. The van der Waals surface area contributed by atoms with Crippen molar-refractivity contribution >= 4 is 23.4 Å². The van der Waals surface area contributed by atoms with Gasteiger partial charge < -0.3 is 20.6 Å². The van der Waals surface area contributed by atoms with E-state index in [9.17, 15) is 27.9 Å². The number of carbonyl (C=O) groups is 2. The average Bonchev–Trinajstić information content (AvgIpc) is 2.92. The minimum Gasteiger partial charge on any atom is -0.480 e. The minimum atomic E-state index is -4.74. The number of carboxylic acid groups (broad SMARTS) is 1. The number of halogens is 3. The van der Waals surface area contributed by atoms with Crippen LogP contribution in [0.1, 0.15) is 39.9 Å². The van der Waals surface area contributed by atoms with Gasteiger partial charge in [0.1, 0.15) is 11.9 Å². The van der Waals surface area contributed by atoms with Gasteiger partial charge in [-0.2, -0.15) is 13.2 Å². The summed E-state index contributed by atoms with van der Waals surface area (Å²) in [5, 5.41) is 15.3. The number of nitrogens with one attached hydrogen (secondary N) is 2. The topological polar surface area (TPSA) is 94.6 Å². The Kier molecular flexibility index (Phi) is 8.73. The molecule has 0 spiro atoms. The second-order valence-electron chi connectivity index (χ2n) is 9.76. The molecule has 1 aliphatic heterocycles. The molecule has 0 bridgehead atoms. The molecule has 3 N–H and O–H groups in total. The third-order valence-corrected chi connectivity index (χ3v) is 7.00. The lowest BCUT2D eigenvalue weighted by Gasteiger charge is -2.34. The lowest BCUT2D eigenvalue weighted by Crippen LogP contribution is -2.43. The minimum absolute atomic E-state index is 0.0597. The fourth-order valence-corrected chi connectivity index (χ4v) is 4.83. The summed E-state index contributed by atoms with van der Waals surface area (Å²) in [6.07, 6.45) is -0.997. The van der Waals surface area contributed by atoms with Gasteiger partial charge >= 0.3 is 12.1 Å². The molecule has 4 rings (SSSR count). The molecule has 7 nitrogen and oxygen atoms in total. The largest absolute Gasteiger partial charge is 0.480 e. The molecule has 1 atom stereocenters. The van der Waals surface area contributed by atoms with Gasteiger partial charge in [0, 0.05) is 37.9 Å². The number of carbonyl (C=O) groups excluding carboxylic acids is 1. The van der Waals surface area contributed by atoms with Crippen LogP contribution in [-0.4, -0.2) is 47.6 Å². The number of alkyl halides is 3. The zero-order valence-corrected chi connectivity index (χ0v) is 21.5. The summed E-state index contributed by atoms with van der Waals surface area (Å²) in [7, 11) is 0. The molecule has 10 heteroatoms. The molecule has 1 saturated heterocycles. The Balaban J connectivity index is 1.34. The maximum absolute atomic E-state index is 13.4. The fraction of sp³-hybridized carbons (Fsp3) is 0.345. The normalized spacial score (nSPS) is 15.0. The third kappa shape index (κ3) is 7.28. The van der Waals surface area contributed by atoms with E-state index in [0.717, 1.165) is 50.0 Å². The number of carboxylic acids is 1. The van der Waals surface area contributed by atoms with Gasteiger partial charge in [0.15, 0.2) is 0 Å². The predicted molar refractivity (Wildman–Crippen MR) is 143 cm³/mol. The molecule has 2 heterocycles. The van der Waals surface area contributed by atoms with E-state index in [2.05, 4.69) is 20.5 Å². The summed E-state index contributed by atoms with van der Waals surface area (Å²) in [5.41, 5.74) is 0.129. The summed E-state index contributed by atoms with van der Waals surface area (Å²) < 4.78 is 40.3. The summed E-state index contributed by atoms with van der Waals surface area (Å²) in [6.45, 7) is 4.02. The van der Waals surface area contributed by atoms with Crippen LogP contribution in [0.4, 0.5) is 24.7 Å². The van der Waals surface area contributed by atoms with Crippen LogP contribution in [0, 0.1) is 12.8 Å². The lowest BCUT2D eigenvalue weighted by molar-refractivity contribution is -0.139. The SMILES string of the molecule is Cc1cccc(C(F)(F)F)c1C(=O)NC(Cc1ccc(N2CCC(CNc3ccccn3)CC2)cc1)C(=O)O. The Bertz CT molecular complexity index is 1280. The first-order valence-corrected chi connectivity index (χ1v) is 12.8. The van der Waals surface area contributed by atoms with E-state index in [1.165, 1.54) is 19.1 Å². The molecule has 1 fully saturated rings. The van der Waals surface area contributed by atoms with Gasteiger partial charge in [0.2, 0.25) is 0 Å². The standard InChI is InChI=1S/C29H31F3N4O3/c1-19-5-4-6-23(29(30,31)32)26(19)27(37)35-24(28(38)39)17-20-8-10-22(11-9-20)36-15-12-21(13-16-36)18-34-25-7-2-3-14-33-25/h2-11,14,21,24H,12-13,15-18H2,1H3,(H,33,34)(H,35,37)(H,38,39). The number of hydrogen-bond donors (Lipinski definition) is 3. The van der Waals surface area contributed by atoms with Crippen molar-refractivity contribution in [3.63, 3.8) is 0 Å². The van der Waals surface area contributed by atoms with Crippen LogP contribution >= 0.6 is 0 Å². The number of nitrogens with zero attached hydrogens (tertiary/aromatic N) is 2. The van der Waals surface area contributed by atoms with Crippen LogP contribution in [0.15, 0.2) is 66.9 Å². The maximum Gasteiger partial charge on any atom is 0.417 e.